The van der Waals surface area contributed by atoms with E-state index in [4.69, 9.17) is 0 Å². The third-order valence-corrected chi connectivity index (χ3v) is 2.23. The Kier molecular flexibility index (Phi) is 4.69. The van der Waals surface area contributed by atoms with Gasteiger partial charge in [-0.05, 0) is 13.3 Å². The van der Waals surface area contributed by atoms with Gasteiger partial charge in [-0.3, -0.25) is 9.59 Å². The van der Waals surface area contributed by atoms with Crippen LogP contribution < -0.4 is 5.32 Å². The summed E-state index contributed by atoms with van der Waals surface area (Å²) in [4.78, 5) is 25.8. The molecule has 1 N–H and O–H groups in total. The molecule has 1 rings (SSSR count). The molecule has 0 saturated heterocycles. The van der Waals surface area contributed by atoms with Crippen molar-refractivity contribution >= 4 is 12.2 Å². The first kappa shape index (κ1) is 12.4. The molecule has 0 aromatic carbocycles. The smallest absolute Gasteiger partial charge is 0.240 e. The minimum atomic E-state index is -0.0594. The van der Waals surface area contributed by atoms with Crippen LogP contribution in [0.25, 0.3) is 0 Å². The van der Waals surface area contributed by atoms with Crippen LogP contribution in [0.4, 0.5) is 0 Å². The fraction of sp³-hybridized carbons (Fsp3) is 0.545. The van der Waals surface area contributed by atoms with Crippen molar-refractivity contribution in [2.75, 3.05) is 0 Å². The van der Waals surface area contributed by atoms with Gasteiger partial charge < -0.3 is 9.88 Å². The number of nitrogens with one attached hydrogen (secondary N) is 1. The lowest BCUT2D eigenvalue weighted by Gasteiger charge is -2.12. The molecule has 1 aromatic heterocycles. The number of imidazole rings is 1. The SMILES string of the molecule is CCCC(C)NC(=O)Cn1cnc(C=O)c1. The van der Waals surface area contributed by atoms with Crippen LogP contribution in [0.2, 0.25) is 0 Å². The molecule has 5 nitrogen and oxygen atoms in total. The number of amides is 1. The van der Waals surface area contributed by atoms with Gasteiger partial charge >= 0.3 is 0 Å². The molecule has 0 fully saturated rings. The summed E-state index contributed by atoms with van der Waals surface area (Å²) >= 11 is 0. The van der Waals surface area contributed by atoms with Gasteiger partial charge in [-0.1, -0.05) is 13.3 Å². The van der Waals surface area contributed by atoms with Gasteiger partial charge in [0.15, 0.2) is 6.29 Å². The Hall–Kier alpha value is -1.65. The summed E-state index contributed by atoms with van der Waals surface area (Å²) in [6.07, 6.45) is 5.70. The Balaban J connectivity index is 2.42. The van der Waals surface area contributed by atoms with Crippen molar-refractivity contribution in [1.82, 2.24) is 14.9 Å². The standard InChI is InChI=1S/C11H17N3O2/c1-3-4-9(2)13-11(16)6-14-5-10(7-15)12-8-14/h5,7-9H,3-4,6H2,1-2H3,(H,13,16). The zero-order valence-electron chi connectivity index (χ0n) is 9.64. The molecule has 0 aliphatic carbocycles. The predicted molar refractivity (Wildman–Crippen MR) is 60.1 cm³/mol. The molecule has 1 heterocycles. The van der Waals surface area contributed by atoms with E-state index in [2.05, 4.69) is 17.2 Å². The van der Waals surface area contributed by atoms with Crippen LogP contribution in [0.3, 0.4) is 0 Å². The van der Waals surface area contributed by atoms with Gasteiger partial charge in [-0.15, -0.1) is 0 Å². The fourth-order valence-electron chi connectivity index (χ4n) is 1.52. The summed E-state index contributed by atoms with van der Waals surface area (Å²) in [6, 6.07) is 0.187. The lowest BCUT2D eigenvalue weighted by molar-refractivity contribution is -0.122. The monoisotopic (exact) mass is 223 g/mol. The summed E-state index contributed by atoms with van der Waals surface area (Å²) in [5.74, 6) is -0.0594. The summed E-state index contributed by atoms with van der Waals surface area (Å²) in [7, 11) is 0. The average molecular weight is 223 g/mol. The highest BCUT2D eigenvalue weighted by molar-refractivity contribution is 5.76. The topological polar surface area (TPSA) is 64.0 Å². The second kappa shape index (κ2) is 6.05. The normalized spacial score (nSPS) is 12.1. The first-order valence-electron chi connectivity index (χ1n) is 5.42. The minimum absolute atomic E-state index is 0.0594. The maximum atomic E-state index is 11.5. The Morgan fingerprint density at radius 2 is 2.44 bits per heavy atom. The minimum Gasteiger partial charge on any atom is -0.352 e. The number of nitrogens with zero attached hydrogens (tertiary/aromatic N) is 2. The molecule has 0 spiro atoms. The van der Waals surface area contributed by atoms with Crippen LogP contribution >= 0.6 is 0 Å². The van der Waals surface area contributed by atoms with Gasteiger partial charge in [0.1, 0.15) is 12.2 Å². The van der Waals surface area contributed by atoms with E-state index < -0.39 is 0 Å². The average Bonchev–Trinajstić information content (AvgIpc) is 2.65. The molecule has 1 aromatic rings. The van der Waals surface area contributed by atoms with Gasteiger partial charge in [0, 0.05) is 12.2 Å². The molecule has 0 saturated carbocycles. The van der Waals surface area contributed by atoms with Gasteiger partial charge in [0.25, 0.3) is 0 Å². The maximum absolute atomic E-state index is 11.5. The first-order chi connectivity index (χ1) is 7.65. The van der Waals surface area contributed by atoms with Crippen molar-refractivity contribution in [2.24, 2.45) is 0 Å². The lowest BCUT2D eigenvalue weighted by Crippen LogP contribution is -2.34. The van der Waals surface area contributed by atoms with Crippen LogP contribution in [0.15, 0.2) is 12.5 Å². The predicted octanol–water partition coefficient (Wildman–Crippen LogP) is 1.00. The van der Waals surface area contributed by atoms with Crippen molar-refractivity contribution in [2.45, 2.75) is 39.3 Å². The van der Waals surface area contributed by atoms with Crippen LogP contribution in [0.1, 0.15) is 37.2 Å². The number of aldehydes is 1. The Labute approximate surface area is 94.9 Å². The van der Waals surface area contributed by atoms with Crippen molar-refractivity contribution in [3.8, 4) is 0 Å². The summed E-state index contributed by atoms with van der Waals surface area (Å²) in [5, 5.41) is 2.88. The summed E-state index contributed by atoms with van der Waals surface area (Å²) in [6.45, 7) is 4.26. The van der Waals surface area contributed by atoms with E-state index in [-0.39, 0.29) is 18.5 Å². The molecule has 16 heavy (non-hydrogen) atoms. The van der Waals surface area contributed by atoms with E-state index in [0.717, 1.165) is 12.8 Å². The molecular formula is C11H17N3O2. The maximum Gasteiger partial charge on any atom is 0.240 e. The molecule has 1 unspecified atom stereocenters. The molecule has 5 heteroatoms. The van der Waals surface area contributed by atoms with E-state index in [0.29, 0.717) is 12.0 Å². The van der Waals surface area contributed by atoms with Crippen molar-refractivity contribution in [1.29, 1.82) is 0 Å². The van der Waals surface area contributed by atoms with E-state index >= 15 is 0 Å². The van der Waals surface area contributed by atoms with Crippen LogP contribution in [0.5, 0.6) is 0 Å². The van der Waals surface area contributed by atoms with Gasteiger partial charge in [0.2, 0.25) is 5.91 Å². The van der Waals surface area contributed by atoms with E-state index in [9.17, 15) is 9.59 Å². The molecule has 0 aliphatic heterocycles. The van der Waals surface area contributed by atoms with Gasteiger partial charge in [0.05, 0.1) is 6.33 Å². The van der Waals surface area contributed by atoms with E-state index in [1.54, 1.807) is 10.8 Å². The van der Waals surface area contributed by atoms with Gasteiger partial charge in [-0.2, -0.15) is 0 Å². The van der Waals surface area contributed by atoms with Crippen LogP contribution in [-0.4, -0.2) is 27.8 Å². The van der Waals surface area contributed by atoms with Crippen molar-refractivity contribution in [3.05, 3.63) is 18.2 Å². The molecule has 1 atom stereocenters. The zero-order chi connectivity index (χ0) is 12.0. The molecule has 88 valence electrons. The van der Waals surface area contributed by atoms with Crippen LogP contribution in [-0.2, 0) is 11.3 Å². The number of carbonyl (C=O) groups excluding carboxylic acids is 2. The lowest BCUT2D eigenvalue weighted by atomic mass is 10.2. The molecule has 0 bridgehead atoms. The summed E-state index contributed by atoms with van der Waals surface area (Å²) < 4.78 is 1.59. The molecular weight excluding hydrogens is 206 g/mol. The number of carbonyl (C=O) groups is 2. The Bertz CT molecular complexity index is 360. The van der Waals surface area contributed by atoms with E-state index in [1.165, 1.54) is 6.33 Å². The third-order valence-electron chi connectivity index (χ3n) is 2.23. The van der Waals surface area contributed by atoms with E-state index in [1.807, 2.05) is 6.92 Å². The number of rotatable bonds is 6. The van der Waals surface area contributed by atoms with Crippen LogP contribution in [0, 0.1) is 0 Å². The number of hydrogen-bond acceptors (Lipinski definition) is 3. The quantitative estimate of drug-likeness (QED) is 0.732. The number of hydrogen-bond donors (Lipinski definition) is 1. The fourth-order valence-corrected chi connectivity index (χ4v) is 1.52. The van der Waals surface area contributed by atoms with Crippen molar-refractivity contribution in [3.63, 3.8) is 0 Å². The molecule has 1 amide bonds. The molecule has 0 aliphatic rings. The first-order valence-corrected chi connectivity index (χ1v) is 5.42. The second-order valence-corrected chi connectivity index (χ2v) is 3.85. The third kappa shape index (κ3) is 3.84. The highest BCUT2D eigenvalue weighted by atomic mass is 16.2. The molecule has 0 radical (unpaired) electrons. The highest BCUT2D eigenvalue weighted by Crippen LogP contribution is 1.96. The highest BCUT2D eigenvalue weighted by Gasteiger charge is 2.07. The second-order valence-electron chi connectivity index (χ2n) is 3.85. The Morgan fingerprint density at radius 1 is 1.69 bits per heavy atom. The summed E-state index contributed by atoms with van der Waals surface area (Å²) in [5.41, 5.74) is 0.342. The van der Waals surface area contributed by atoms with Crippen molar-refractivity contribution < 1.29 is 9.59 Å². The van der Waals surface area contributed by atoms with Gasteiger partial charge in [-0.25, -0.2) is 4.98 Å². The Morgan fingerprint density at radius 3 is 3.00 bits per heavy atom. The number of aromatic nitrogens is 2. The zero-order valence-corrected chi connectivity index (χ0v) is 9.64. The largest absolute Gasteiger partial charge is 0.352 e.